The van der Waals surface area contributed by atoms with Gasteiger partial charge in [0.2, 0.25) is 5.88 Å². The molecular weight excluding hydrogens is 499 g/mol. The molecule has 0 radical (unpaired) electrons. The normalized spacial score (nSPS) is 11.9. The molecule has 3 rings (SSSR count). The monoisotopic (exact) mass is 536 g/mol. The van der Waals surface area contributed by atoms with Gasteiger partial charge in [0.1, 0.15) is 11.6 Å². The van der Waals surface area contributed by atoms with Gasteiger partial charge in [-0.05, 0) is 73.7 Å². The molecule has 0 N–H and O–H groups in total. The van der Waals surface area contributed by atoms with E-state index in [1.54, 1.807) is 37.3 Å². The van der Waals surface area contributed by atoms with Gasteiger partial charge in [0.15, 0.2) is 0 Å². The highest BCUT2D eigenvalue weighted by atomic mass is 19.1. The number of methoxy groups -OCH3 is 2. The average Bonchev–Trinajstić information content (AvgIpc) is 2.92. The molecule has 0 bridgehead atoms. The average molecular weight is 537 g/mol. The molecule has 0 unspecified atom stereocenters. The first-order valence-corrected chi connectivity index (χ1v) is 13.0. The van der Waals surface area contributed by atoms with Crippen LogP contribution in [0, 0.1) is 12.7 Å². The molecule has 2 aromatic carbocycles. The van der Waals surface area contributed by atoms with Crippen molar-refractivity contribution >= 4 is 11.9 Å². The van der Waals surface area contributed by atoms with Crippen molar-refractivity contribution in [2.45, 2.75) is 59.5 Å². The Morgan fingerprint density at radius 1 is 1.05 bits per heavy atom. The summed E-state index contributed by atoms with van der Waals surface area (Å²) in [4.78, 5) is 31.3. The number of halogens is 1. The van der Waals surface area contributed by atoms with Crippen molar-refractivity contribution in [1.82, 2.24) is 9.88 Å². The number of pyridine rings is 1. The second-order valence-corrected chi connectivity index (χ2v) is 9.83. The number of benzene rings is 2. The first-order valence-electron chi connectivity index (χ1n) is 13.0. The third-order valence-electron chi connectivity index (χ3n) is 6.85. The Morgan fingerprint density at radius 3 is 2.44 bits per heavy atom. The fourth-order valence-electron chi connectivity index (χ4n) is 4.47. The van der Waals surface area contributed by atoms with Crippen molar-refractivity contribution in [2.24, 2.45) is 0 Å². The summed E-state index contributed by atoms with van der Waals surface area (Å²) in [6.45, 7) is 11.3. The van der Waals surface area contributed by atoms with E-state index in [0.29, 0.717) is 40.4 Å². The van der Waals surface area contributed by atoms with Crippen LogP contribution in [0.3, 0.4) is 0 Å². The van der Waals surface area contributed by atoms with Gasteiger partial charge < -0.3 is 14.2 Å². The molecule has 0 fully saturated rings. The fraction of sp³-hybridized carbons (Fsp3) is 0.387. The number of aromatic nitrogens is 1. The van der Waals surface area contributed by atoms with Crippen LogP contribution in [0.15, 0.2) is 48.7 Å². The number of carbonyl (C=O) groups is 2. The summed E-state index contributed by atoms with van der Waals surface area (Å²) in [5, 5.41) is 0. The lowest BCUT2D eigenvalue weighted by Crippen LogP contribution is -2.30. The van der Waals surface area contributed by atoms with Crippen molar-refractivity contribution in [3.8, 4) is 22.8 Å². The molecule has 39 heavy (non-hydrogen) atoms. The molecule has 7 nitrogen and oxygen atoms in total. The highest BCUT2D eigenvalue weighted by molar-refractivity contribution is 5.94. The fourth-order valence-corrected chi connectivity index (χ4v) is 4.47. The molecule has 0 saturated heterocycles. The molecule has 0 aliphatic carbocycles. The van der Waals surface area contributed by atoms with Crippen LogP contribution >= 0.6 is 0 Å². The molecule has 3 aromatic rings. The maximum Gasteiger partial charge on any atom is 0.343 e. The van der Waals surface area contributed by atoms with Crippen molar-refractivity contribution in [3.63, 3.8) is 0 Å². The van der Waals surface area contributed by atoms with Gasteiger partial charge in [-0.15, -0.1) is 0 Å². The van der Waals surface area contributed by atoms with Gasteiger partial charge in [0.25, 0.3) is 0 Å². The van der Waals surface area contributed by atoms with Gasteiger partial charge in [0.05, 0.1) is 32.4 Å². The minimum Gasteiger partial charge on any atom is -0.481 e. The van der Waals surface area contributed by atoms with Gasteiger partial charge in [0, 0.05) is 24.2 Å². The van der Waals surface area contributed by atoms with Crippen molar-refractivity contribution in [2.75, 3.05) is 20.8 Å². The molecule has 8 heteroatoms. The van der Waals surface area contributed by atoms with E-state index < -0.39 is 11.8 Å². The Bertz CT molecular complexity index is 1320. The SMILES string of the molecule is CCN(Cc1cc(C(=O)Oc2cccc([C@H](C)CC(=O)OC)c2)c(C)cc1-c1cc(OC)ncc1F)C(C)C. The summed E-state index contributed by atoms with van der Waals surface area (Å²) in [6, 6.07) is 12.5. The summed E-state index contributed by atoms with van der Waals surface area (Å²) in [6.07, 6.45) is 1.36. The van der Waals surface area contributed by atoms with Gasteiger partial charge in [-0.1, -0.05) is 32.0 Å². The van der Waals surface area contributed by atoms with E-state index in [2.05, 4.69) is 30.7 Å². The Hall–Kier alpha value is -3.78. The van der Waals surface area contributed by atoms with Crippen LogP contribution in [-0.4, -0.2) is 48.6 Å². The zero-order valence-corrected chi connectivity index (χ0v) is 23.7. The summed E-state index contributed by atoms with van der Waals surface area (Å²) in [5.74, 6) is -0.723. The van der Waals surface area contributed by atoms with E-state index in [4.69, 9.17) is 14.2 Å². The first-order chi connectivity index (χ1) is 18.6. The maximum absolute atomic E-state index is 15.0. The zero-order valence-electron chi connectivity index (χ0n) is 23.7. The van der Waals surface area contributed by atoms with Gasteiger partial charge in [-0.2, -0.15) is 0 Å². The second-order valence-electron chi connectivity index (χ2n) is 9.83. The summed E-state index contributed by atoms with van der Waals surface area (Å²) in [5.41, 5.74) is 3.71. The van der Waals surface area contributed by atoms with E-state index in [-0.39, 0.29) is 24.3 Å². The number of nitrogens with zero attached hydrogens (tertiary/aromatic N) is 2. The third kappa shape index (κ3) is 7.41. The second kappa shape index (κ2) is 13.3. The number of hydrogen-bond acceptors (Lipinski definition) is 7. The van der Waals surface area contributed by atoms with Gasteiger partial charge in [-0.3, -0.25) is 9.69 Å². The van der Waals surface area contributed by atoms with Crippen LogP contribution in [0.5, 0.6) is 11.6 Å². The minimum absolute atomic E-state index is 0.105. The van der Waals surface area contributed by atoms with Gasteiger partial charge >= 0.3 is 11.9 Å². The molecule has 0 amide bonds. The molecule has 0 aliphatic heterocycles. The van der Waals surface area contributed by atoms with Crippen LogP contribution in [0.1, 0.15) is 67.1 Å². The standard InChI is InChI=1S/C31H37FN2O5/c1-8-34(19(2)3)18-23-15-25(21(5)12-26(23)27-16-29(37-6)33-17-28(27)32)31(36)39-24-11-9-10-22(14-24)20(4)13-30(35)38-7/h9-12,14-17,19-20H,8,13,18H2,1-7H3/t20-/m1/s1. The van der Waals surface area contributed by atoms with Crippen LogP contribution in [0.25, 0.3) is 11.1 Å². The summed E-state index contributed by atoms with van der Waals surface area (Å²) >= 11 is 0. The third-order valence-corrected chi connectivity index (χ3v) is 6.85. The highest BCUT2D eigenvalue weighted by Gasteiger charge is 2.21. The number of carbonyl (C=O) groups excluding carboxylic acids is 2. The lowest BCUT2D eigenvalue weighted by atomic mass is 9.93. The molecule has 0 saturated carbocycles. The molecule has 1 aromatic heterocycles. The largest absolute Gasteiger partial charge is 0.481 e. The van der Waals surface area contributed by atoms with E-state index in [9.17, 15) is 14.0 Å². The Kier molecular flexibility index (Phi) is 10.2. The number of hydrogen-bond donors (Lipinski definition) is 0. The summed E-state index contributed by atoms with van der Waals surface area (Å²) < 4.78 is 30.8. The highest BCUT2D eigenvalue weighted by Crippen LogP contribution is 2.33. The Morgan fingerprint density at radius 2 is 1.79 bits per heavy atom. The topological polar surface area (TPSA) is 78.0 Å². The van der Waals surface area contributed by atoms with Gasteiger partial charge in [-0.25, -0.2) is 14.2 Å². The molecule has 1 atom stereocenters. The van der Waals surface area contributed by atoms with Crippen LogP contribution in [0.2, 0.25) is 0 Å². The molecule has 0 spiro atoms. The molecule has 208 valence electrons. The Balaban J connectivity index is 2.00. The predicted molar refractivity (Wildman–Crippen MR) is 149 cm³/mol. The quantitative estimate of drug-likeness (QED) is 0.210. The van der Waals surface area contributed by atoms with E-state index in [0.717, 1.165) is 23.9 Å². The van der Waals surface area contributed by atoms with Crippen LogP contribution in [0.4, 0.5) is 4.39 Å². The number of aryl methyl sites for hydroxylation is 1. The van der Waals surface area contributed by atoms with E-state index in [1.807, 2.05) is 19.1 Å². The van der Waals surface area contributed by atoms with Crippen LogP contribution in [-0.2, 0) is 16.1 Å². The van der Waals surface area contributed by atoms with E-state index in [1.165, 1.54) is 14.2 Å². The number of rotatable bonds is 11. The number of esters is 2. The maximum atomic E-state index is 15.0. The van der Waals surface area contributed by atoms with E-state index >= 15 is 0 Å². The van der Waals surface area contributed by atoms with Crippen molar-refractivity contribution < 1.29 is 28.2 Å². The first kappa shape index (κ1) is 29.8. The summed E-state index contributed by atoms with van der Waals surface area (Å²) in [7, 11) is 2.84. The van der Waals surface area contributed by atoms with Crippen molar-refractivity contribution in [1.29, 1.82) is 0 Å². The lowest BCUT2D eigenvalue weighted by Gasteiger charge is -2.26. The van der Waals surface area contributed by atoms with Crippen LogP contribution < -0.4 is 9.47 Å². The van der Waals surface area contributed by atoms with Crippen molar-refractivity contribution in [3.05, 3.63) is 76.7 Å². The smallest absolute Gasteiger partial charge is 0.343 e. The molecule has 1 heterocycles. The minimum atomic E-state index is -0.515. The zero-order chi connectivity index (χ0) is 28.7. The molecule has 0 aliphatic rings. The predicted octanol–water partition coefficient (Wildman–Crippen LogP) is 6.32. The molecular formula is C31H37FN2O5. The number of ether oxygens (including phenoxy) is 3. The Labute approximate surface area is 229 Å². The lowest BCUT2D eigenvalue weighted by molar-refractivity contribution is -0.140.